The number of hydrogen-bond donors (Lipinski definition) is 2. The maximum atomic E-state index is 13.5. The molecule has 174 valence electrons. The lowest BCUT2D eigenvalue weighted by atomic mass is 9.84. The summed E-state index contributed by atoms with van der Waals surface area (Å²) in [5, 5.41) is 9.15. The molecule has 0 aliphatic heterocycles. The third-order valence-electron chi connectivity index (χ3n) is 5.32. The number of H-pyrrole nitrogens is 1. The van der Waals surface area contributed by atoms with Crippen LogP contribution in [0.2, 0.25) is 0 Å². The summed E-state index contributed by atoms with van der Waals surface area (Å²) in [4.78, 5) is 16.2. The number of fused-ring (bicyclic) bond motifs is 1. The first kappa shape index (κ1) is 25.5. The number of halogens is 3. The number of aromatic nitrogens is 1. The Kier molecular flexibility index (Phi) is 9.78. The van der Waals surface area contributed by atoms with Gasteiger partial charge in [-0.25, -0.2) is 13.2 Å². The summed E-state index contributed by atoms with van der Waals surface area (Å²) in [6, 6.07) is 9.50. The number of hydrogen-bond acceptors (Lipinski definition) is 2. The van der Waals surface area contributed by atoms with E-state index in [1.54, 1.807) is 23.1 Å². The van der Waals surface area contributed by atoms with Crippen LogP contribution in [-0.2, 0) is 4.79 Å². The van der Waals surface area contributed by atoms with E-state index in [0.717, 1.165) is 25.5 Å². The van der Waals surface area contributed by atoms with Crippen molar-refractivity contribution in [1.29, 1.82) is 0 Å². The topological polar surface area (TPSA) is 56.3 Å². The zero-order valence-electron chi connectivity index (χ0n) is 18.8. The molecule has 0 atom stereocenters. The van der Waals surface area contributed by atoms with Gasteiger partial charge in [-0.05, 0) is 61.7 Å². The minimum Gasteiger partial charge on any atom is -0.395 e. The quantitative estimate of drug-likeness (QED) is 0.510. The van der Waals surface area contributed by atoms with Crippen molar-refractivity contribution < 1.29 is 23.1 Å². The van der Waals surface area contributed by atoms with Gasteiger partial charge >= 0.3 is 0 Å². The zero-order chi connectivity index (χ0) is 23.7. The second-order valence-electron chi connectivity index (χ2n) is 7.31. The molecule has 7 heteroatoms. The van der Waals surface area contributed by atoms with Gasteiger partial charge in [0.1, 0.15) is 17.5 Å². The highest BCUT2D eigenvalue weighted by Gasteiger charge is 2.28. The van der Waals surface area contributed by atoms with Crippen LogP contribution in [-0.4, -0.2) is 40.6 Å². The van der Waals surface area contributed by atoms with E-state index in [0.29, 0.717) is 23.2 Å². The smallest absolute Gasteiger partial charge is 0.225 e. The molecule has 4 rings (SSSR count). The van der Waals surface area contributed by atoms with Crippen LogP contribution < -0.4 is 0 Å². The van der Waals surface area contributed by atoms with Crippen LogP contribution in [0.4, 0.5) is 13.2 Å². The molecular formula is C25H31F3N2O2. The maximum Gasteiger partial charge on any atom is 0.225 e. The third-order valence-corrected chi connectivity index (χ3v) is 5.32. The Morgan fingerprint density at radius 2 is 1.72 bits per heavy atom. The molecule has 1 aromatic heterocycles. The van der Waals surface area contributed by atoms with Crippen LogP contribution in [0.5, 0.6) is 0 Å². The Morgan fingerprint density at radius 1 is 1.06 bits per heavy atom. The van der Waals surface area contributed by atoms with Gasteiger partial charge in [0.05, 0.1) is 12.1 Å². The maximum absolute atomic E-state index is 13.5. The summed E-state index contributed by atoms with van der Waals surface area (Å²) in [7, 11) is 0. The van der Waals surface area contributed by atoms with E-state index in [-0.39, 0.29) is 29.8 Å². The molecule has 1 heterocycles. The largest absolute Gasteiger partial charge is 0.395 e. The Hall–Kier alpha value is -2.80. The fraction of sp³-hybridized carbons (Fsp3) is 0.400. The summed E-state index contributed by atoms with van der Waals surface area (Å²) < 4.78 is 39.4. The van der Waals surface area contributed by atoms with Crippen LogP contribution in [0.3, 0.4) is 0 Å². The molecule has 3 aromatic rings. The molecule has 2 aromatic carbocycles. The second-order valence-corrected chi connectivity index (χ2v) is 7.31. The summed E-state index contributed by atoms with van der Waals surface area (Å²) in [5.41, 5.74) is 1.58. The molecule has 2 N–H and O–H groups in total. The van der Waals surface area contributed by atoms with Gasteiger partial charge in [0.2, 0.25) is 5.91 Å². The van der Waals surface area contributed by atoms with Gasteiger partial charge < -0.3 is 15.0 Å². The molecule has 0 radical (unpaired) electrons. The summed E-state index contributed by atoms with van der Waals surface area (Å²) in [6.45, 7) is 7.24. The Morgan fingerprint density at radius 3 is 2.25 bits per heavy atom. The van der Waals surface area contributed by atoms with E-state index in [4.69, 9.17) is 5.11 Å². The Bertz CT molecular complexity index is 998. The number of carbonyl (C=O) groups excluding carboxylic acids is 1. The van der Waals surface area contributed by atoms with Crippen LogP contribution in [0.15, 0.2) is 42.5 Å². The van der Waals surface area contributed by atoms with Crippen molar-refractivity contribution in [3.8, 4) is 11.3 Å². The van der Waals surface area contributed by atoms with E-state index >= 15 is 0 Å². The minimum absolute atomic E-state index is 0.0757. The number of carbonyl (C=O) groups is 1. The number of rotatable bonds is 5. The molecule has 1 saturated carbocycles. The number of aliphatic hydroxyl groups is 1. The first-order chi connectivity index (χ1) is 15.4. The average molecular weight is 449 g/mol. The van der Waals surface area contributed by atoms with E-state index < -0.39 is 11.6 Å². The molecule has 32 heavy (non-hydrogen) atoms. The SMILES string of the molecule is CC.CCN(CCO)C(=O)C1CCC1.Fc1ccc(-c2cc3cc(F)cc(F)c3[nH]2)cc1. The van der Waals surface area contributed by atoms with Crippen LogP contribution in [0.1, 0.15) is 40.0 Å². The zero-order valence-corrected chi connectivity index (χ0v) is 18.8. The Labute approximate surface area is 187 Å². The molecule has 4 nitrogen and oxygen atoms in total. The molecule has 1 amide bonds. The van der Waals surface area contributed by atoms with E-state index in [1.807, 2.05) is 20.8 Å². The summed E-state index contributed by atoms with van der Waals surface area (Å²) >= 11 is 0. The van der Waals surface area contributed by atoms with E-state index in [1.165, 1.54) is 24.6 Å². The van der Waals surface area contributed by atoms with Gasteiger partial charge in [-0.2, -0.15) is 0 Å². The standard InChI is InChI=1S/C14H8F3N.C9H17NO2.C2H6/c15-10-3-1-8(2-4-10)13-6-9-5-11(16)7-12(17)14(9)18-13;1-2-10(6-7-11)9(12)8-4-3-5-8;1-2/h1-7,18H;8,11H,2-7H2,1H3;1-2H3. The lowest BCUT2D eigenvalue weighted by Gasteiger charge is -2.30. The average Bonchev–Trinajstić information content (AvgIpc) is 3.17. The van der Waals surface area contributed by atoms with E-state index in [9.17, 15) is 18.0 Å². The van der Waals surface area contributed by atoms with Crippen molar-refractivity contribution in [2.24, 2.45) is 5.92 Å². The lowest BCUT2D eigenvalue weighted by Crippen LogP contribution is -2.40. The number of amides is 1. The van der Waals surface area contributed by atoms with Crippen molar-refractivity contribution in [1.82, 2.24) is 9.88 Å². The molecular weight excluding hydrogens is 417 g/mol. The molecule has 0 spiro atoms. The van der Waals surface area contributed by atoms with Crippen molar-refractivity contribution in [3.05, 3.63) is 59.9 Å². The number of nitrogens with one attached hydrogen (secondary N) is 1. The number of likely N-dealkylation sites (N-methyl/N-ethyl adjacent to an activating group) is 1. The Balaban J connectivity index is 0.000000227. The van der Waals surface area contributed by atoms with Crippen molar-refractivity contribution in [2.75, 3.05) is 19.7 Å². The molecule has 0 bridgehead atoms. The number of benzene rings is 2. The molecule has 0 saturated heterocycles. The molecule has 1 fully saturated rings. The van der Waals surface area contributed by atoms with Crippen LogP contribution >= 0.6 is 0 Å². The normalized spacial score (nSPS) is 12.8. The van der Waals surface area contributed by atoms with Crippen molar-refractivity contribution >= 4 is 16.8 Å². The van der Waals surface area contributed by atoms with Gasteiger partial charge in [0, 0.05) is 36.2 Å². The fourth-order valence-electron chi connectivity index (χ4n) is 3.41. The first-order valence-electron chi connectivity index (χ1n) is 11.1. The molecule has 1 aliphatic rings. The summed E-state index contributed by atoms with van der Waals surface area (Å²) in [5.74, 6) is -1.11. The van der Waals surface area contributed by atoms with Crippen molar-refractivity contribution in [2.45, 2.75) is 40.0 Å². The van der Waals surface area contributed by atoms with E-state index in [2.05, 4.69) is 4.98 Å². The van der Waals surface area contributed by atoms with Crippen molar-refractivity contribution in [3.63, 3.8) is 0 Å². The van der Waals surface area contributed by atoms with Gasteiger partial charge in [-0.15, -0.1) is 0 Å². The number of aliphatic hydroxyl groups excluding tert-OH is 1. The van der Waals surface area contributed by atoms with Crippen LogP contribution in [0, 0.1) is 23.4 Å². The highest BCUT2D eigenvalue weighted by atomic mass is 19.1. The lowest BCUT2D eigenvalue weighted by molar-refractivity contribution is -0.138. The minimum atomic E-state index is -0.640. The third kappa shape index (κ3) is 6.36. The first-order valence-corrected chi connectivity index (χ1v) is 11.1. The van der Waals surface area contributed by atoms with Gasteiger partial charge in [-0.3, -0.25) is 4.79 Å². The highest BCUT2D eigenvalue weighted by Crippen LogP contribution is 2.28. The van der Waals surface area contributed by atoms with Gasteiger partial charge in [0.25, 0.3) is 0 Å². The van der Waals surface area contributed by atoms with Gasteiger partial charge in [0.15, 0.2) is 0 Å². The molecule has 0 unspecified atom stereocenters. The van der Waals surface area contributed by atoms with Gasteiger partial charge in [-0.1, -0.05) is 20.3 Å². The summed E-state index contributed by atoms with van der Waals surface area (Å²) in [6.07, 6.45) is 3.27. The number of nitrogens with zero attached hydrogens (tertiary/aromatic N) is 1. The fourth-order valence-corrected chi connectivity index (χ4v) is 3.41. The predicted molar refractivity (Wildman–Crippen MR) is 122 cm³/mol. The number of aromatic amines is 1. The highest BCUT2D eigenvalue weighted by molar-refractivity contribution is 5.86. The monoisotopic (exact) mass is 448 g/mol. The molecule has 1 aliphatic carbocycles. The van der Waals surface area contributed by atoms with Crippen LogP contribution in [0.25, 0.3) is 22.2 Å². The predicted octanol–water partition coefficient (Wildman–Crippen LogP) is 5.91. The second kappa shape index (κ2) is 12.3.